The highest BCUT2D eigenvalue weighted by Crippen LogP contribution is 1.95. The smallest absolute Gasteiger partial charge is 0.236 e. The van der Waals surface area contributed by atoms with E-state index in [4.69, 9.17) is 5.73 Å². The molecule has 0 rings (SSSR count). The zero-order valence-corrected chi connectivity index (χ0v) is 7.55. The molecule has 1 amide bonds. The van der Waals surface area contributed by atoms with Gasteiger partial charge in [-0.25, -0.2) is 0 Å². The Balaban J connectivity index is 3.72. The van der Waals surface area contributed by atoms with Gasteiger partial charge in [0.05, 0.1) is 6.04 Å². The zero-order chi connectivity index (χ0) is 8.85. The molecule has 0 aromatic carbocycles. The van der Waals surface area contributed by atoms with Crippen molar-refractivity contribution in [2.24, 2.45) is 5.73 Å². The first-order chi connectivity index (χ1) is 5.11. The van der Waals surface area contributed by atoms with Gasteiger partial charge in [0.15, 0.2) is 0 Å². The van der Waals surface area contributed by atoms with Gasteiger partial charge in [-0.2, -0.15) is 0 Å². The van der Waals surface area contributed by atoms with Crippen molar-refractivity contribution in [1.29, 1.82) is 0 Å². The van der Waals surface area contributed by atoms with E-state index in [2.05, 4.69) is 19.2 Å². The van der Waals surface area contributed by atoms with Gasteiger partial charge < -0.3 is 11.1 Å². The van der Waals surface area contributed by atoms with Crippen LogP contribution in [0.5, 0.6) is 0 Å². The van der Waals surface area contributed by atoms with E-state index in [1.807, 2.05) is 0 Å². The molecule has 0 aromatic heterocycles. The molecule has 0 aliphatic heterocycles. The van der Waals surface area contributed by atoms with E-state index < -0.39 is 6.04 Å². The maximum Gasteiger partial charge on any atom is 0.236 e. The third-order valence-electron chi connectivity index (χ3n) is 1.75. The van der Waals surface area contributed by atoms with Crippen molar-refractivity contribution in [1.82, 2.24) is 5.32 Å². The highest BCUT2D eigenvalue weighted by Gasteiger charge is 2.10. The van der Waals surface area contributed by atoms with Crippen LogP contribution in [-0.4, -0.2) is 18.0 Å². The summed E-state index contributed by atoms with van der Waals surface area (Å²) in [6.07, 6.45) is 1.93. The van der Waals surface area contributed by atoms with Gasteiger partial charge in [0.1, 0.15) is 0 Å². The first-order valence-electron chi connectivity index (χ1n) is 4.17. The summed E-state index contributed by atoms with van der Waals surface area (Å²) in [5.74, 6) is -0.0568. The normalized spacial score (nSPS) is 13.2. The van der Waals surface area contributed by atoms with Gasteiger partial charge in [0.25, 0.3) is 0 Å². The lowest BCUT2D eigenvalue weighted by Crippen LogP contribution is -2.43. The summed E-state index contributed by atoms with van der Waals surface area (Å²) >= 11 is 0. The number of nitrogens with one attached hydrogen (secondary N) is 1. The Morgan fingerprint density at radius 3 is 2.18 bits per heavy atom. The van der Waals surface area contributed by atoms with Crippen LogP contribution in [0.4, 0.5) is 0 Å². The molecule has 0 saturated carbocycles. The average Bonchev–Trinajstić information content (AvgIpc) is 1.99. The van der Waals surface area contributed by atoms with Crippen molar-refractivity contribution in [3.8, 4) is 0 Å². The minimum absolute atomic E-state index is 0.0568. The molecule has 1 atom stereocenters. The van der Waals surface area contributed by atoms with Gasteiger partial charge in [-0.1, -0.05) is 13.8 Å². The molecule has 11 heavy (non-hydrogen) atoms. The monoisotopic (exact) mass is 158 g/mol. The van der Waals surface area contributed by atoms with Crippen LogP contribution in [0.15, 0.2) is 0 Å². The Hall–Kier alpha value is -0.570. The molecule has 1 unspecified atom stereocenters. The van der Waals surface area contributed by atoms with Gasteiger partial charge in [-0.3, -0.25) is 4.79 Å². The molecule has 3 heteroatoms. The van der Waals surface area contributed by atoms with Crippen molar-refractivity contribution >= 4 is 5.91 Å². The molecule has 0 aromatic rings. The maximum absolute atomic E-state index is 11.0. The molecule has 0 fully saturated rings. The number of rotatable bonds is 4. The number of hydrogen-bond acceptors (Lipinski definition) is 2. The molecular weight excluding hydrogens is 140 g/mol. The molecule has 0 radical (unpaired) electrons. The molecule has 0 spiro atoms. The summed E-state index contributed by atoms with van der Waals surface area (Å²) in [6, 6.07) is -0.107. The molecule has 0 bridgehead atoms. The number of carbonyl (C=O) groups excluding carboxylic acids is 1. The summed E-state index contributed by atoms with van der Waals surface area (Å²) in [5, 5.41) is 2.85. The highest BCUT2D eigenvalue weighted by atomic mass is 16.2. The molecule has 3 nitrogen and oxygen atoms in total. The lowest BCUT2D eigenvalue weighted by Gasteiger charge is -2.15. The third kappa shape index (κ3) is 3.98. The quantitative estimate of drug-likeness (QED) is 0.630. The SMILES string of the molecule is CCC(CC)NC(=O)C(C)N. The maximum atomic E-state index is 11.0. The molecule has 66 valence electrons. The number of carbonyl (C=O) groups is 1. The van der Waals surface area contributed by atoms with Crippen LogP contribution in [0.3, 0.4) is 0 Å². The number of nitrogens with two attached hydrogens (primary N) is 1. The van der Waals surface area contributed by atoms with Crippen molar-refractivity contribution in [3.05, 3.63) is 0 Å². The van der Waals surface area contributed by atoms with Crippen LogP contribution < -0.4 is 11.1 Å². The fourth-order valence-corrected chi connectivity index (χ4v) is 0.825. The lowest BCUT2D eigenvalue weighted by molar-refractivity contribution is -0.122. The van der Waals surface area contributed by atoms with Crippen LogP contribution in [0, 0.1) is 0 Å². The second-order valence-electron chi connectivity index (χ2n) is 2.81. The van der Waals surface area contributed by atoms with Crippen LogP contribution in [0.2, 0.25) is 0 Å². The third-order valence-corrected chi connectivity index (χ3v) is 1.75. The van der Waals surface area contributed by atoms with Crippen molar-refractivity contribution in [2.75, 3.05) is 0 Å². The van der Waals surface area contributed by atoms with Crippen LogP contribution in [0.1, 0.15) is 33.6 Å². The van der Waals surface area contributed by atoms with Crippen molar-refractivity contribution in [2.45, 2.75) is 45.7 Å². The molecule has 0 heterocycles. The summed E-state index contributed by atoms with van der Waals surface area (Å²) in [7, 11) is 0. The average molecular weight is 158 g/mol. The summed E-state index contributed by atoms with van der Waals surface area (Å²) in [4.78, 5) is 11.0. The van der Waals surface area contributed by atoms with Crippen molar-refractivity contribution < 1.29 is 4.79 Å². The molecule has 0 aliphatic carbocycles. The molecule has 0 saturated heterocycles. The summed E-state index contributed by atoms with van der Waals surface area (Å²) < 4.78 is 0. The fraction of sp³-hybridized carbons (Fsp3) is 0.875. The zero-order valence-electron chi connectivity index (χ0n) is 7.55. The minimum Gasteiger partial charge on any atom is -0.352 e. The predicted molar refractivity (Wildman–Crippen MR) is 46.2 cm³/mol. The molecule has 3 N–H and O–H groups in total. The van der Waals surface area contributed by atoms with E-state index >= 15 is 0 Å². The lowest BCUT2D eigenvalue weighted by atomic mass is 10.1. The minimum atomic E-state index is -0.393. The van der Waals surface area contributed by atoms with E-state index in [1.165, 1.54) is 0 Å². The number of amides is 1. The Kier molecular flexibility index (Phi) is 4.86. The summed E-state index contributed by atoms with van der Waals surface area (Å²) in [5.41, 5.74) is 5.38. The van der Waals surface area contributed by atoms with Gasteiger partial charge >= 0.3 is 0 Å². The highest BCUT2D eigenvalue weighted by molar-refractivity contribution is 5.81. The second-order valence-corrected chi connectivity index (χ2v) is 2.81. The Bertz CT molecular complexity index is 119. The van der Waals surface area contributed by atoms with E-state index in [9.17, 15) is 4.79 Å². The summed E-state index contributed by atoms with van der Waals surface area (Å²) in [6.45, 7) is 5.79. The van der Waals surface area contributed by atoms with Gasteiger partial charge in [0.2, 0.25) is 5.91 Å². The van der Waals surface area contributed by atoms with E-state index in [0.29, 0.717) is 0 Å². The van der Waals surface area contributed by atoms with E-state index in [1.54, 1.807) is 6.92 Å². The van der Waals surface area contributed by atoms with Crippen LogP contribution in [0.25, 0.3) is 0 Å². The standard InChI is InChI=1S/C8H18N2O/c1-4-7(5-2)10-8(11)6(3)9/h6-7H,4-5,9H2,1-3H3,(H,10,11). The van der Waals surface area contributed by atoms with E-state index in [0.717, 1.165) is 12.8 Å². The van der Waals surface area contributed by atoms with E-state index in [-0.39, 0.29) is 11.9 Å². The van der Waals surface area contributed by atoms with Gasteiger partial charge in [-0.15, -0.1) is 0 Å². The Labute approximate surface area is 68.3 Å². The largest absolute Gasteiger partial charge is 0.352 e. The first kappa shape index (κ1) is 10.4. The number of hydrogen-bond donors (Lipinski definition) is 2. The Morgan fingerprint density at radius 1 is 1.45 bits per heavy atom. The van der Waals surface area contributed by atoms with Gasteiger partial charge in [-0.05, 0) is 19.8 Å². The van der Waals surface area contributed by atoms with Crippen LogP contribution in [-0.2, 0) is 4.79 Å². The first-order valence-corrected chi connectivity index (χ1v) is 4.17. The van der Waals surface area contributed by atoms with Crippen LogP contribution >= 0.6 is 0 Å². The molecule has 0 aliphatic rings. The van der Waals surface area contributed by atoms with Gasteiger partial charge in [0, 0.05) is 6.04 Å². The fourth-order valence-electron chi connectivity index (χ4n) is 0.825. The Morgan fingerprint density at radius 2 is 1.91 bits per heavy atom. The predicted octanol–water partition coefficient (Wildman–Crippen LogP) is 0.638. The topological polar surface area (TPSA) is 55.1 Å². The molecular formula is C8H18N2O. The van der Waals surface area contributed by atoms with Crippen molar-refractivity contribution in [3.63, 3.8) is 0 Å². The second kappa shape index (κ2) is 5.13.